The van der Waals surface area contributed by atoms with Crippen LogP contribution in [-0.2, 0) is 0 Å². The summed E-state index contributed by atoms with van der Waals surface area (Å²) in [5.41, 5.74) is 0. The van der Waals surface area contributed by atoms with Crippen LogP contribution in [0.1, 0.15) is 52.9 Å². The lowest BCUT2D eigenvalue weighted by Gasteiger charge is -2.19. The van der Waals surface area contributed by atoms with Gasteiger partial charge in [0.25, 0.3) is 6.43 Å². The van der Waals surface area contributed by atoms with Gasteiger partial charge in [0.05, 0.1) is 6.04 Å². The molecular weight excluding hydrogens is 184 g/mol. The molecule has 0 saturated heterocycles. The molecule has 0 aromatic heterocycles. The van der Waals surface area contributed by atoms with Crippen LogP contribution in [0.25, 0.3) is 0 Å². The summed E-state index contributed by atoms with van der Waals surface area (Å²) in [6.07, 6.45) is 3.56. The van der Waals surface area contributed by atoms with Crippen LogP contribution in [0.5, 0.6) is 0 Å². The highest BCUT2D eigenvalue weighted by atomic mass is 19.3. The van der Waals surface area contributed by atoms with Crippen molar-refractivity contribution in [3.8, 4) is 0 Å². The number of nitrogens with one attached hydrogen (secondary N) is 1. The van der Waals surface area contributed by atoms with Crippen molar-refractivity contribution in [1.82, 2.24) is 5.32 Å². The highest BCUT2D eigenvalue weighted by molar-refractivity contribution is 4.69. The molecule has 0 heterocycles. The fourth-order valence-electron chi connectivity index (χ4n) is 1.48. The van der Waals surface area contributed by atoms with Gasteiger partial charge in [0, 0.05) is 6.04 Å². The van der Waals surface area contributed by atoms with Gasteiger partial charge >= 0.3 is 0 Å². The second kappa shape index (κ2) is 8.16. The maximum absolute atomic E-state index is 12.2. The Hall–Kier alpha value is -0.180. The minimum atomic E-state index is -2.26. The van der Waals surface area contributed by atoms with Crippen LogP contribution < -0.4 is 5.32 Å². The van der Waals surface area contributed by atoms with Gasteiger partial charge in [-0.3, -0.25) is 0 Å². The van der Waals surface area contributed by atoms with Crippen LogP contribution >= 0.6 is 0 Å². The second-order valence-corrected chi connectivity index (χ2v) is 4.04. The molecule has 2 atom stereocenters. The van der Waals surface area contributed by atoms with E-state index in [1.165, 1.54) is 26.2 Å². The van der Waals surface area contributed by atoms with Gasteiger partial charge in [-0.2, -0.15) is 0 Å². The monoisotopic (exact) mass is 207 g/mol. The van der Waals surface area contributed by atoms with Gasteiger partial charge in [-0.25, -0.2) is 8.78 Å². The Kier molecular flexibility index (Phi) is 8.05. The van der Waals surface area contributed by atoms with Gasteiger partial charge in [0.2, 0.25) is 0 Å². The Morgan fingerprint density at radius 1 is 1.07 bits per heavy atom. The highest BCUT2D eigenvalue weighted by Gasteiger charge is 2.15. The van der Waals surface area contributed by atoms with E-state index in [0.29, 0.717) is 0 Å². The molecule has 2 unspecified atom stereocenters. The maximum Gasteiger partial charge on any atom is 0.253 e. The molecule has 0 amide bonds. The molecule has 1 N–H and O–H groups in total. The standard InChI is InChI=1S/C11H23F2N/c1-4-5-6-7-8-9(2)14-10(3)11(12)13/h9-11,14H,4-8H2,1-3H3. The molecule has 0 aromatic carbocycles. The molecule has 0 aliphatic carbocycles. The van der Waals surface area contributed by atoms with Crippen molar-refractivity contribution in [3.63, 3.8) is 0 Å². The van der Waals surface area contributed by atoms with E-state index in [-0.39, 0.29) is 6.04 Å². The van der Waals surface area contributed by atoms with E-state index < -0.39 is 12.5 Å². The molecule has 0 aromatic rings. The molecule has 3 heteroatoms. The smallest absolute Gasteiger partial charge is 0.253 e. The second-order valence-electron chi connectivity index (χ2n) is 4.04. The van der Waals surface area contributed by atoms with Crippen LogP contribution in [0, 0.1) is 0 Å². The third-order valence-electron chi connectivity index (χ3n) is 2.42. The van der Waals surface area contributed by atoms with E-state index in [2.05, 4.69) is 12.2 Å². The number of alkyl halides is 2. The Morgan fingerprint density at radius 2 is 1.71 bits per heavy atom. The van der Waals surface area contributed by atoms with Crippen molar-refractivity contribution >= 4 is 0 Å². The maximum atomic E-state index is 12.2. The van der Waals surface area contributed by atoms with Gasteiger partial charge in [-0.05, 0) is 20.3 Å². The molecule has 1 nitrogen and oxygen atoms in total. The highest BCUT2D eigenvalue weighted by Crippen LogP contribution is 2.07. The van der Waals surface area contributed by atoms with Crippen LogP contribution in [0.2, 0.25) is 0 Å². The van der Waals surface area contributed by atoms with Gasteiger partial charge < -0.3 is 5.32 Å². The Labute approximate surface area is 86.3 Å². The molecule has 86 valence electrons. The minimum absolute atomic E-state index is 0.204. The molecule has 0 bridgehead atoms. The molecule has 0 spiro atoms. The zero-order chi connectivity index (χ0) is 11.0. The number of halogens is 2. The summed E-state index contributed by atoms with van der Waals surface area (Å²) in [5.74, 6) is 0. The van der Waals surface area contributed by atoms with Crippen molar-refractivity contribution in [3.05, 3.63) is 0 Å². The Morgan fingerprint density at radius 3 is 2.21 bits per heavy atom. The number of rotatable bonds is 8. The average molecular weight is 207 g/mol. The minimum Gasteiger partial charge on any atom is -0.307 e. The Bertz CT molecular complexity index is 128. The molecule has 0 aliphatic heterocycles. The summed E-state index contributed by atoms with van der Waals surface area (Å²) >= 11 is 0. The summed E-state index contributed by atoms with van der Waals surface area (Å²) in [4.78, 5) is 0. The number of hydrogen-bond acceptors (Lipinski definition) is 1. The summed E-state index contributed by atoms with van der Waals surface area (Å²) < 4.78 is 24.3. The average Bonchev–Trinajstić information content (AvgIpc) is 2.12. The van der Waals surface area contributed by atoms with E-state index in [1.807, 2.05) is 6.92 Å². The fraction of sp³-hybridized carbons (Fsp3) is 1.00. The summed E-state index contributed by atoms with van der Waals surface area (Å²) in [6, 6.07) is -0.480. The van der Waals surface area contributed by atoms with Crippen molar-refractivity contribution < 1.29 is 8.78 Å². The molecule has 0 fully saturated rings. The zero-order valence-corrected chi connectivity index (χ0v) is 9.52. The normalized spacial score (nSPS) is 15.9. The molecule has 0 saturated carbocycles. The van der Waals surface area contributed by atoms with Gasteiger partial charge in [0.15, 0.2) is 0 Å². The third kappa shape index (κ3) is 7.25. The third-order valence-corrected chi connectivity index (χ3v) is 2.42. The molecule has 0 rings (SSSR count). The van der Waals surface area contributed by atoms with Crippen LogP contribution in [0.15, 0.2) is 0 Å². The first-order valence-electron chi connectivity index (χ1n) is 5.62. The van der Waals surface area contributed by atoms with Crippen LogP contribution in [0.3, 0.4) is 0 Å². The SMILES string of the molecule is CCCCCCC(C)NC(C)C(F)F. The van der Waals surface area contributed by atoms with Crippen molar-refractivity contribution in [1.29, 1.82) is 0 Å². The lowest BCUT2D eigenvalue weighted by atomic mass is 10.1. The predicted molar refractivity (Wildman–Crippen MR) is 56.8 cm³/mol. The van der Waals surface area contributed by atoms with Gasteiger partial charge in [-0.15, -0.1) is 0 Å². The summed E-state index contributed by atoms with van der Waals surface area (Å²) in [7, 11) is 0. The molecule has 0 aliphatic rings. The summed E-state index contributed by atoms with van der Waals surface area (Å²) in [6.45, 7) is 5.68. The van der Waals surface area contributed by atoms with Crippen molar-refractivity contribution in [2.75, 3.05) is 0 Å². The van der Waals surface area contributed by atoms with Crippen LogP contribution in [0.4, 0.5) is 8.78 Å². The first-order chi connectivity index (χ1) is 6.57. The lowest BCUT2D eigenvalue weighted by Crippen LogP contribution is -2.39. The molecule has 14 heavy (non-hydrogen) atoms. The lowest BCUT2D eigenvalue weighted by molar-refractivity contribution is 0.100. The molecule has 0 radical (unpaired) electrons. The van der Waals surface area contributed by atoms with E-state index in [0.717, 1.165) is 12.8 Å². The van der Waals surface area contributed by atoms with E-state index in [9.17, 15) is 8.78 Å². The van der Waals surface area contributed by atoms with E-state index in [1.54, 1.807) is 0 Å². The first kappa shape index (κ1) is 13.8. The van der Waals surface area contributed by atoms with Crippen molar-refractivity contribution in [2.24, 2.45) is 0 Å². The van der Waals surface area contributed by atoms with E-state index in [4.69, 9.17) is 0 Å². The summed E-state index contributed by atoms with van der Waals surface area (Å²) in [5, 5.41) is 2.91. The van der Waals surface area contributed by atoms with Gasteiger partial charge in [-0.1, -0.05) is 32.6 Å². The number of hydrogen-bond donors (Lipinski definition) is 1. The quantitative estimate of drug-likeness (QED) is 0.600. The van der Waals surface area contributed by atoms with Gasteiger partial charge in [0.1, 0.15) is 0 Å². The van der Waals surface area contributed by atoms with Crippen molar-refractivity contribution in [2.45, 2.75) is 71.4 Å². The van der Waals surface area contributed by atoms with E-state index >= 15 is 0 Å². The topological polar surface area (TPSA) is 12.0 Å². The largest absolute Gasteiger partial charge is 0.307 e. The first-order valence-corrected chi connectivity index (χ1v) is 5.62. The zero-order valence-electron chi connectivity index (χ0n) is 9.52. The van der Waals surface area contributed by atoms with Crippen LogP contribution in [-0.4, -0.2) is 18.5 Å². The fourth-order valence-corrected chi connectivity index (χ4v) is 1.48. The molecular formula is C11H23F2N. The predicted octanol–water partition coefficient (Wildman–Crippen LogP) is 3.59. The number of unbranched alkanes of at least 4 members (excludes halogenated alkanes) is 3. The Balaban J connectivity index is 3.40.